The number of carbonyl (C=O) groups excluding carboxylic acids is 1. The molecule has 1 amide bonds. The summed E-state index contributed by atoms with van der Waals surface area (Å²) in [5.74, 6) is -0.470. The van der Waals surface area contributed by atoms with Crippen molar-refractivity contribution in [2.75, 3.05) is 26.2 Å². The van der Waals surface area contributed by atoms with E-state index in [9.17, 15) is 18.0 Å². The zero-order valence-corrected chi connectivity index (χ0v) is 11.4. The van der Waals surface area contributed by atoms with Gasteiger partial charge in [0.25, 0.3) is 0 Å². The minimum Gasteiger partial charge on any atom is -0.330 e. The molecular formula is C12H22F3N3O. The molecule has 1 fully saturated rings. The molecule has 0 unspecified atom stereocenters. The van der Waals surface area contributed by atoms with Gasteiger partial charge in [0.1, 0.15) is 6.54 Å². The second-order valence-electron chi connectivity index (χ2n) is 5.34. The average molecular weight is 281 g/mol. The summed E-state index contributed by atoms with van der Waals surface area (Å²) in [6, 6.07) is -0.316. The van der Waals surface area contributed by atoms with E-state index in [-0.39, 0.29) is 12.6 Å². The molecular weight excluding hydrogens is 259 g/mol. The van der Waals surface area contributed by atoms with Crippen molar-refractivity contribution in [3.8, 4) is 0 Å². The lowest BCUT2D eigenvalue weighted by atomic mass is 10.1. The van der Waals surface area contributed by atoms with Gasteiger partial charge in [-0.2, -0.15) is 13.2 Å². The lowest BCUT2D eigenvalue weighted by Crippen LogP contribution is -2.49. The molecule has 0 aromatic rings. The van der Waals surface area contributed by atoms with Gasteiger partial charge in [-0.25, -0.2) is 0 Å². The maximum absolute atomic E-state index is 12.4. The SMILES string of the molecule is CC(C)N(CC(F)(F)F)C(=O)CN1CCC(N)CC1. The van der Waals surface area contributed by atoms with Crippen LogP contribution < -0.4 is 5.73 Å². The van der Waals surface area contributed by atoms with Gasteiger partial charge in [0.2, 0.25) is 5.91 Å². The molecule has 0 spiro atoms. The number of nitrogens with two attached hydrogens (primary N) is 1. The Hall–Kier alpha value is -0.820. The number of hydrogen-bond acceptors (Lipinski definition) is 3. The van der Waals surface area contributed by atoms with Gasteiger partial charge < -0.3 is 10.6 Å². The maximum atomic E-state index is 12.4. The number of rotatable bonds is 4. The fourth-order valence-electron chi connectivity index (χ4n) is 2.15. The third kappa shape index (κ3) is 5.78. The fraction of sp³-hybridized carbons (Fsp3) is 0.917. The molecule has 1 rings (SSSR count). The number of halogens is 3. The summed E-state index contributed by atoms with van der Waals surface area (Å²) in [7, 11) is 0. The average Bonchev–Trinajstić information content (AvgIpc) is 2.27. The molecule has 112 valence electrons. The summed E-state index contributed by atoms with van der Waals surface area (Å²) in [6.07, 6.45) is -2.79. The van der Waals surface area contributed by atoms with Gasteiger partial charge in [0, 0.05) is 25.2 Å². The first-order valence-electron chi connectivity index (χ1n) is 6.53. The molecule has 1 aliphatic heterocycles. The first-order chi connectivity index (χ1) is 8.69. The van der Waals surface area contributed by atoms with Crippen molar-refractivity contribution in [2.24, 2.45) is 5.73 Å². The van der Waals surface area contributed by atoms with Crippen molar-refractivity contribution >= 4 is 5.91 Å². The first-order valence-corrected chi connectivity index (χ1v) is 6.53. The number of alkyl halides is 3. The van der Waals surface area contributed by atoms with E-state index in [1.54, 1.807) is 13.8 Å². The number of likely N-dealkylation sites (tertiary alicyclic amines) is 1. The lowest BCUT2D eigenvalue weighted by Gasteiger charge is -2.33. The van der Waals surface area contributed by atoms with Gasteiger partial charge in [-0.3, -0.25) is 9.69 Å². The summed E-state index contributed by atoms with van der Waals surface area (Å²) in [5.41, 5.74) is 5.75. The summed E-state index contributed by atoms with van der Waals surface area (Å²) < 4.78 is 37.3. The summed E-state index contributed by atoms with van der Waals surface area (Å²) >= 11 is 0. The molecule has 0 saturated carbocycles. The topological polar surface area (TPSA) is 49.6 Å². The van der Waals surface area contributed by atoms with Crippen LogP contribution in [0, 0.1) is 0 Å². The van der Waals surface area contributed by atoms with Gasteiger partial charge in [-0.05, 0) is 26.7 Å². The Morgan fingerprint density at radius 1 is 1.37 bits per heavy atom. The fourth-order valence-corrected chi connectivity index (χ4v) is 2.15. The molecule has 2 N–H and O–H groups in total. The van der Waals surface area contributed by atoms with E-state index in [0.717, 1.165) is 17.7 Å². The molecule has 4 nitrogen and oxygen atoms in total. The second-order valence-corrected chi connectivity index (χ2v) is 5.34. The normalized spacial score (nSPS) is 18.9. The van der Waals surface area contributed by atoms with Gasteiger partial charge >= 0.3 is 6.18 Å². The van der Waals surface area contributed by atoms with Crippen molar-refractivity contribution in [1.29, 1.82) is 0 Å². The van der Waals surface area contributed by atoms with Crippen LogP contribution in [0.15, 0.2) is 0 Å². The zero-order chi connectivity index (χ0) is 14.6. The third-order valence-electron chi connectivity index (χ3n) is 3.28. The van der Waals surface area contributed by atoms with Crippen LogP contribution in [0.2, 0.25) is 0 Å². The monoisotopic (exact) mass is 281 g/mol. The van der Waals surface area contributed by atoms with Crippen molar-refractivity contribution in [3.63, 3.8) is 0 Å². The lowest BCUT2D eigenvalue weighted by molar-refractivity contribution is -0.165. The Morgan fingerprint density at radius 3 is 2.32 bits per heavy atom. The van der Waals surface area contributed by atoms with Crippen LogP contribution in [0.1, 0.15) is 26.7 Å². The Labute approximate surface area is 111 Å². The number of amides is 1. The van der Waals surface area contributed by atoms with E-state index in [1.807, 2.05) is 4.90 Å². The Morgan fingerprint density at radius 2 is 1.89 bits per heavy atom. The zero-order valence-electron chi connectivity index (χ0n) is 11.4. The smallest absolute Gasteiger partial charge is 0.330 e. The predicted molar refractivity (Wildman–Crippen MR) is 66.6 cm³/mol. The third-order valence-corrected chi connectivity index (χ3v) is 3.28. The van der Waals surface area contributed by atoms with Crippen molar-refractivity contribution in [2.45, 2.75) is 44.9 Å². The van der Waals surface area contributed by atoms with E-state index >= 15 is 0 Å². The van der Waals surface area contributed by atoms with Crippen LogP contribution in [0.3, 0.4) is 0 Å². The van der Waals surface area contributed by atoms with Gasteiger partial charge in [-0.1, -0.05) is 0 Å². The molecule has 0 atom stereocenters. The molecule has 1 saturated heterocycles. The standard InChI is InChI=1S/C12H22F3N3O/c1-9(2)18(8-12(13,14)15)11(19)7-17-5-3-10(16)4-6-17/h9-10H,3-8,16H2,1-2H3. The highest BCUT2D eigenvalue weighted by Crippen LogP contribution is 2.18. The Bertz CT molecular complexity index is 299. The van der Waals surface area contributed by atoms with Gasteiger partial charge in [-0.15, -0.1) is 0 Å². The molecule has 1 heterocycles. The van der Waals surface area contributed by atoms with Crippen LogP contribution in [0.25, 0.3) is 0 Å². The first kappa shape index (κ1) is 16.2. The maximum Gasteiger partial charge on any atom is 0.406 e. The number of piperidine rings is 1. The highest BCUT2D eigenvalue weighted by atomic mass is 19.4. The van der Waals surface area contributed by atoms with Gasteiger partial charge in [0.05, 0.1) is 6.54 Å². The van der Waals surface area contributed by atoms with Crippen LogP contribution in [-0.4, -0.2) is 60.1 Å². The highest BCUT2D eigenvalue weighted by molar-refractivity contribution is 5.78. The summed E-state index contributed by atoms with van der Waals surface area (Å²) in [6.45, 7) is 3.39. The van der Waals surface area contributed by atoms with Crippen LogP contribution >= 0.6 is 0 Å². The molecule has 7 heteroatoms. The summed E-state index contributed by atoms with van der Waals surface area (Å²) in [4.78, 5) is 14.7. The van der Waals surface area contributed by atoms with Crippen molar-refractivity contribution in [1.82, 2.24) is 9.80 Å². The van der Waals surface area contributed by atoms with E-state index in [0.29, 0.717) is 13.1 Å². The second kappa shape index (κ2) is 6.56. The van der Waals surface area contributed by atoms with Crippen LogP contribution in [0.5, 0.6) is 0 Å². The van der Waals surface area contributed by atoms with Crippen molar-refractivity contribution < 1.29 is 18.0 Å². The Balaban J connectivity index is 2.53. The van der Waals surface area contributed by atoms with Gasteiger partial charge in [0.15, 0.2) is 0 Å². The molecule has 0 aliphatic carbocycles. The van der Waals surface area contributed by atoms with E-state index in [2.05, 4.69) is 0 Å². The molecule has 0 aromatic carbocycles. The van der Waals surface area contributed by atoms with Crippen LogP contribution in [0.4, 0.5) is 13.2 Å². The van der Waals surface area contributed by atoms with E-state index < -0.39 is 24.7 Å². The predicted octanol–water partition coefficient (Wildman–Crippen LogP) is 1.21. The minimum absolute atomic E-state index is 0.0426. The Kier molecular flexibility index (Phi) is 5.61. The summed E-state index contributed by atoms with van der Waals surface area (Å²) in [5, 5.41) is 0. The number of nitrogens with zero attached hydrogens (tertiary/aromatic N) is 2. The molecule has 1 aliphatic rings. The largest absolute Gasteiger partial charge is 0.406 e. The molecule has 19 heavy (non-hydrogen) atoms. The quantitative estimate of drug-likeness (QED) is 0.842. The molecule has 0 bridgehead atoms. The molecule has 0 aromatic heterocycles. The van der Waals surface area contributed by atoms with E-state index in [1.165, 1.54) is 0 Å². The minimum atomic E-state index is -4.36. The number of hydrogen-bond donors (Lipinski definition) is 1. The number of carbonyl (C=O) groups is 1. The van der Waals surface area contributed by atoms with E-state index in [4.69, 9.17) is 5.73 Å². The van der Waals surface area contributed by atoms with Crippen molar-refractivity contribution in [3.05, 3.63) is 0 Å². The van der Waals surface area contributed by atoms with Crippen LogP contribution in [-0.2, 0) is 4.79 Å². The molecule has 0 radical (unpaired) electrons. The highest BCUT2D eigenvalue weighted by Gasteiger charge is 2.34.